The van der Waals surface area contributed by atoms with Gasteiger partial charge in [0.05, 0.1) is 0 Å². The van der Waals surface area contributed by atoms with Gasteiger partial charge in [0, 0.05) is 38.4 Å². The highest BCUT2D eigenvalue weighted by molar-refractivity contribution is 5.74. The second-order valence-corrected chi connectivity index (χ2v) is 6.54. The Morgan fingerprint density at radius 3 is 2.28 bits per heavy atom. The van der Waals surface area contributed by atoms with Crippen LogP contribution >= 0.6 is 0 Å². The molecule has 25 heavy (non-hydrogen) atoms. The molecule has 4 heteroatoms. The number of hydrogen-bond donors (Lipinski definition) is 1. The number of urea groups is 1. The van der Waals surface area contributed by atoms with E-state index in [0.717, 1.165) is 32.6 Å². The van der Waals surface area contributed by atoms with E-state index in [-0.39, 0.29) is 6.03 Å². The van der Waals surface area contributed by atoms with Crippen LogP contribution in [0, 0.1) is 6.92 Å². The fourth-order valence-corrected chi connectivity index (χ4v) is 3.36. The molecule has 2 amide bonds. The van der Waals surface area contributed by atoms with E-state index in [1.54, 1.807) is 0 Å². The van der Waals surface area contributed by atoms with Crippen LogP contribution in [0.3, 0.4) is 0 Å². The van der Waals surface area contributed by atoms with Crippen LogP contribution < -0.4 is 10.2 Å². The first-order chi connectivity index (χ1) is 12.2. The van der Waals surface area contributed by atoms with Crippen molar-refractivity contribution in [3.63, 3.8) is 0 Å². The van der Waals surface area contributed by atoms with Crippen LogP contribution in [0.5, 0.6) is 0 Å². The topological polar surface area (TPSA) is 35.6 Å². The zero-order valence-corrected chi connectivity index (χ0v) is 15.2. The summed E-state index contributed by atoms with van der Waals surface area (Å²) in [5, 5.41) is 3.06. The number of benzene rings is 2. The van der Waals surface area contributed by atoms with Crippen LogP contribution in [-0.4, -0.2) is 37.1 Å². The van der Waals surface area contributed by atoms with Crippen LogP contribution in [0.2, 0.25) is 0 Å². The van der Waals surface area contributed by atoms with E-state index in [1.807, 2.05) is 17.0 Å². The van der Waals surface area contributed by atoms with Crippen molar-refractivity contribution < 1.29 is 4.79 Å². The lowest BCUT2D eigenvalue weighted by Crippen LogP contribution is -2.51. The van der Waals surface area contributed by atoms with Crippen molar-refractivity contribution in [2.75, 3.05) is 31.1 Å². The Hall–Kier alpha value is -2.49. The molecule has 2 aromatic carbocycles. The van der Waals surface area contributed by atoms with E-state index in [4.69, 9.17) is 0 Å². The first kappa shape index (κ1) is 17.3. The van der Waals surface area contributed by atoms with E-state index < -0.39 is 0 Å². The van der Waals surface area contributed by atoms with Crippen LogP contribution in [0.4, 0.5) is 10.5 Å². The quantitative estimate of drug-likeness (QED) is 0.925. The molecule has 0 unspecified atom stereocenters. The Morgan fingerprint density at radius 2 is 1.60 bits per heavy atom. The molecule has 1 aliphatic heterocycles. The maximum atomic E-state index is 12.4. The van der Waals surface area contributed by atoms with E-state index >= 15 is 0 Å². The van der Waals surface area contributed by atoms with Gasteiger partial charge < -0.3 is 15.1 Å². The summed E-state index contributed by atoms with van der Waals surface area (Å²) in [5.41, 5.74) is 5.07. The molecule has 0 radical (unpaired) electrons. The van der Waals surface area contributed by atoms with Crippen molar-refractivity contribution in [2.45, 2.75) is 26.8 Å². The Labute approximate surface area is 150 Å². The molecule has 1 N–H and O–H groups in total. The molecular weight excluding hydrogens is 310 g/mol. The molecule has 0 spiro atoms. The van der Waals surface area contributed by atoms with Crippen molar-refractivity contribution >= 4 is 11.7 Å². The van der Waals surface area contributed by atoms with Crippen LogP contribution in [0.1, 0.15) is 23.6 Å². The summed E-state index contributed by atoms with van der Waals surface area (Å²) in [4.78, 5) is 16.8. The van der Waals surface area contributed by atoms with E-state index in [9.17, 15) is 4.79 Å². The van der Waals surface area contributed by atoms with Gasteiger partial charge in [0.15, 0.2) is 0 Å². The van der Waals surface area contributed by atoms with Gasteiger partial charge >= 0.3 is 6.03 Å². The number of piperazine rings is 1. The van der Waals surface area contributed by atoms with Gasteiger partial charge in [-0.15, -0.1) is 0 Å². The maximum Gasteiger partial charge on any atom is 0.317 e. The first-order valence-corrected chi connectivity index (χ1v) is 9.09. The number of anilines is 1. The number of aryl methyl sites for hydroxylation is 2. The molecule has 1 saturated heterocycles. The highest BCUT2D eigenvalue weighted by Crippen LogP contribution is 2.22. The monoisotopic (exact) mass is 337 g/mol. The SMILES string of the molecule is CCc1ccccc1N1CCN(C(=O)NCc2ccccc2C)CC1. The molecule has 1 aliphatic rings. The van der Waals surface area contributed by atoms with Gasteiger partial charge in [-0.1, -0.05) is 49.4 Å². The van der Waals surface area contributed by atoms with Crippen molar-refractivity contribution in [1.29, 1.82) is 0 Å². The third-order valence-corrected chi connectivity index (χ3v) is 4.97. The fourth-order valence-electron chi connectivity index (χ4n) is 3.36. The predicted octanol–water partition coefficient (Wildman–Crippen LogP) is 3.59. The summed E-state index contributed by atoms with van der Waals surface area (Å²) >= 11 is 0. The van der Waals surface area contributed by atoms with Crippen molar-refractivity contribution in [2.24, 2.45) is 0 Å². The minimum Gasteiger partial charge on any atom is -0.368 e. The molecule has 0 aliphatic carbocycles. The second-order valence-electron chi connectivity index (χ2n) is 6.54. The van der Waals surface area contributed by atoms with Gasteiger partial charge in [-0.25, -0.2) is 4.79 Å². The van der Waals surface area contributed by atoms with Crippen LogP contribution in [0.25, 0.3) is 0 Å². The second kappa shape index (κ2) is 8.06. The fraction of sp³-hybridized carbons (Fsp3) is 0.381. The molecule has 0 aromatic heterocycles. The van der Waals surface area contributed by atoms with Gasteiger partial charge in [-0.3, -0.25) is 0 Å². The molecule has 0 saturated carbocycles. The number of para-hydroxylation sites is 1. The molecule has 2 aromatic rings. The standard InChI is InChI=1S/C21H27N3O/c1-3-18-9-6-7-11-20(18)23-12-14-24(15-13-23)21(25)22-16-19-10-5-4-8-17(19)2/h4-11H,3,12-16H2,1-2H3,(H,22,25). The minimum absolute atomic E-state index is 0.0340. The maximum absolute atomic E-state index is 12.4. The summed E-state index contributed by atoms with van der Waals surface area (Å²) < 4.78 is 0. The Morgan fingerprint density at radius 1 is 0.960 bits per heavy atom. The molecule has 1 fully saturated rings. The van der Waals surface area contributed by atoms with Gasteiger partial charge in [0.2, 0.25) is 0 Å². The number of nitrogens with one attached hydrogen (secondary N) is 1. The van der Waals surface area contributed by atoms with Gasteiger partial charge in [0.25, 0.3) is 0 Å². The number of carbonyl (C=O) groups is 1. The zero-order valence-electron chi connectivity index (χ0n) is 15.2. The number of carbonyl (C=O) groups excluding carboxylic acids is 1. The highest BCUT2D eigenvalue weighted by atomic mass is 16.2. The lowest BCUT2D eigenvalue weighted by molar-refractivity contribution is 0.194. The average molecular weight is 337 g/mol. The highest BCUT2D eigenvalue weighted by Gasteiger charge is 2.22. The molecule has 132 valence electrons. The van der Waals surface area contributed by atoms with Gasteiger partial charge in [-0.05, 0) is 36.1 Å². The Balaban J connectivity index is 1.53. The van der Waals surface area contributed by atoms with Crippen molar-refractivity contribution in [3.8, 4) is 0 Å². The van der Waals surface area contributed by atoms with Gasteiger partial charge in [-0.2, -0.15) is 0 Å². The Bertz CT molecular complexity index is 721. The number of hydrogen-bond acceptors (Lipinski definition) is 2. The third-order valence-electron chi connectivity index (χ3n) is 4.97. The average Bonchev–Trinajstić information content (AvgIpc) is 2.67. The summed E-state index contributed by atoms with van der Waals surface area (Å²) in [6.45, 7) is 8.14. The predicted molar refractivity (Wildman–Crippen MR) is 103 cm³/mol. The van der Waals surface area contributed by atoms with Crippen molar-refractivity contribution in [1.82, 2.24) is 10.2 Å². The van der Waals surface area contributed by atoms with E-state index in [2.05, 4.69) is 60.5 Å². The van der Waals surface area contributed by atoms with E-state index in [1.165, 1.54) is 22.4 Å². The minimum atomic E-state index is 0.0340. The van der Waals surface area contributed by atoms with E-state index in [0.29, 0.717) is 6.54 Å². The van der Waals surface area contributed by atoms with Crippen molar-refractivity contribution in [3.05, 3.63) is 65.2 Å². The number of amides is 2. The molecule has 3 rings (SSSR count). The molecular formula is C21H27N3O. The van der Waals surface area contributed by atoms with Crippen LogP contribution in [0.15, 0.2) is 48.5 Å². The summed E-state index contributed by atoms with van der Waals surface area (Å²) in [5.74, 6) is 0. The zero-order chi connectivity index (χ0) is 17.6. The lowest BCUT2D eigenvalue weighted by atomic mass is 10.1. The largest absolute Gasteiger partial charge is 0.368 e. The summed E-state index contributed by atoms with van der Waals surface area (Å²) in [7, 11) is 0. The molecule has 1 heterocycles. The smallest absolute Gasteiger partial charge is 0.317 e. The van der Waals surface area contributed by atoms with Crippen LogP contribution in [-0.2, 0) is 13.0 Å². The number of nitrogens with zero attached hydrogens (tertiary/aromatic N) is 2. The first-order valence-electron chi connectivity index (χ1n) is 9.09. The lowest BCUT2D eigenvalue weighted by Gasteiger charge is -2.37. The molecule has 0 bridgehead atoms. The normalized spacial score (nSPS) is 14.5. The summed E-state index contributed by atoms with van der Waals surface area (Å²) in [6.07, 6.45) is 1.04. The molecule has 0 atom stereocenters. The Kier molecular flexibility index (Phi) is 5.59. The summed E-state index contributed by atoms with van der Waals surface area (Å²) in [6, 6.07) is 16.8. The number of rotatable bonds is 4. The molecule has 4 nitrogen and oxygen atoms in total. The third kappa shape index (κ3) is 4.13. The van der Waals surface area contributed by atoms with Gasteiger partial charge in [0.1, 0.15) is 0 Å².